The van der Waals surface area contributed by atoms with E-state index in [0.29, 0.717) is 0 Å². The van der Waals surface area contributed by atoms with Gasteiger partial charge in [0.15, 0.2) is 0 Å². The highest BCUT2D eigenvalue weighted by molar-refractivity contribution is 5.32. The molecule has 4 heteroatoms. The third-order valence-electron chi connectivity index (χ3n) is 1.77. The van der Waals surface area contributed by atoms with Crippen LogP contribution in [0.25, 0.3) is 0 Å². The van der Waals surface area contributed by atoms with Crippen molar-refractivity contribution < 1.29 is 9.66 Å². The number of aliphatic hydroxyl groups is 2. The molecule has 0 unspecified atom stereocenters. The molecule has 0 aliphatic heterocycles. The topological polar surface area (TPSA) is 55.9 Å². The summed E-state index contributed by atoms with van der Waals surface area (Å²) in [5.41, 5.74) is 1.22. The van der Waals surface area contributed by atoms with Crippen LogP contribution in [0.4, 0.5) is 5.69 Å². The highest BCUT2D eigenvalue weighted by atomic mass is 16.6. The summed E-state index contributed by atoms with van der Waals surface area (Å²) in [6.07, 6.45) is 0.842. The zero-order valence-corrected chi connectivity index (χ0v) is 7.43. The summed E-state index contributed by atoms with van der Waals surface area (Å²) in [7, 11) is 1.76. The predicted molar refractivity (Wildman–Crippen MR) is 49.8 cm³/mol. The Morgan fingerprint density at radius 2 is 2.00 bits per heavy atom. The molecular formula is C9H12NO3+. The van der Waals surface area contributed by atoms with Crippen LogP contribution in [0.15, 0.2) is 24.3 Å². The Balaban J connectivity index is 2.64. The highest BCUT2D eigenvalue weighted by Crippen LogP contribution is 2.11. The fourth-order valence-electron chi connectivity index (χ4n) is 1.03. The van der Waals surface area contributed by atoms with Crippen LogP contribution in [-0.2, 0) is 6.42 Å². The number of ether oxygens (including phenoxy) is 1. The van der Waals surface area contributed by atoms with Gasteiger partial charge < -0.3 is 4.74 Å². The van der Waals surface area contributed by atoms with Gasteiger partial charge in [0.1, 0.15) is 13.7 Å². The first-order valence-electron chi connectivity index (χ1n) is 4.03. The van der Waals surface area contributed by atoms with Crippen LogP contribution in [-0.4, -0.2) is 23.4 Å². The van der Waals surface area contributed by atoms with Gasteiger partial charge in [-0.3, -0.25) is 10.1 Å². The Hall–Kier alpha value is -1.42. The van der Waals surface area contributed by atoms with Gasteiger partial charge in [-0.25, -0.2) is 0 Å². The molecule has 0 heterocycles. The van der Waals surface area contributed by atoms with Crippen molar-refractivity contribution >= 4 is 5.69 Å². The molecule has 1 aromatic carbocycles. The summed E-state index contributed by atoms with van der Waals surface area (Å²) >= 11 is 0. The minimum Gasteiger partial charge on any atom is -0.436 e. The van der Waals surface area contributed by atoms with E-state index in [-0.39, 0.29) is 5.69 Å². The lowest BCUT2D eigenvalue weighted by molar-refractivity contribution is -0.384. The van der Waals surface area contributed by atoms with Crippen molar-refractivity contribution in [2.24, 2.45) is 0 Å². The highest BCUT2D eigenvalue weighted by Gasteiger charge is 2.03. The second kappa shape index (κ2) is 4.57. The molecule has 0 radical (unpaired) electrons. The van der Waals surface area contributed by atoms with Crippen LogP contribution in [0.5, 0.6) is 0 Å². The number of non-ortho nitro benzene ring substituents is 1. The standard InChI is InChI=1S/C9H11NO3/c1-13-7-6-8-2-4-9(5-3-8)10(11)12/h2-5H,6-7H2,1H3/p+1. The maximum absolute atomic E-state index is 10.3. The van der Waals surface area contributed by atoms with E-state index in [2.05, 4.69) is 4.74 Å². The molecule has 0 atom stereocenters. The molecule has 1 aromatic rings. The minimum atomic E-state index is -0.395. The summed E-state index contributed by atoms with van der Waals surface area (Å²) < 4.78 is 3.95. The number of nitro benzene ring substituents is 1. The Labute approximate surface area is 76.3 Å². The zero-order valence-electron chi connectivity index (χ0n) is 7.43. The van der Waals surface area contributed by atoms with Crippen LogP contribution in [0, 0.1) is 10.1 Å². The van der Waals surface area contributed by atoms with E-state index in [4.69, 9.17) is 0 Å². The van der Waals surface area contributed by atoms with Crippen LogP contribution >= 0.6 is 0 Å². The van der Waals surface area contributed by atoms with Crippen molar-refractivity contribution in [1.29, 1.82) is 0 Å². The summed E-state index contributed by atoms with van der Waals surface area (Å²) in [6, 6.07) is 6.57. The number of hydrogen-bond acceptors (Lipinski definition) is 2. The lowest BCUT2D eigenvalue weighted by Gasteiger charge is -1.97. The summed E-state index contributed by atoms with van der Waals surface area (Å²) in [4.78, 5) is 9.92. The van der Waals surface area contributed by atoms with Gasteiger partial charge >= 0.3 is 0 Å². The smallest absolute Gasteiger partial charge is 0.269 e. The Morgan fingerprint density at radius 3 is 2.46 bits per heavy atom. The third kappa shape index (κ3) is 2.83. The maximum Gasteiger partial charge on any atom is 0.269 e. The molecule has 1 rings (SSSR count). The molecule has 0 bridgehead atoms. The monoisotopic (exact) mass is 182 g/mol. The molecule has 0 aliphatic carbocycles. The molecule has 4 nitrogen and oxygen atoms in total. The first-order chi connectivity index (χ1) is 6.24. The van der Waals surface area contributed by atoms with Crippen LogP contribution < -0.4 is 0 Å². The van der Waals surface area contributed by atoms with Crippen molar-refractivity contribution in [1.82, 2.24) is 0 Å². The molecule has 0 amide bonds. The largest absolute Gasteiger partial charge is 0.436 e. The molecule has 1 N–H and O–H groups in total. The van der Waals surface area contributed by atoms with Crippen molar-refractivity contribution in [3.8, 4) is 0 Å². The van der Waals surface area contributed by atoms with Crippen molar-refractivity contribution in [3.05, 3.63) is 39.9 Å². The van der Waals surface area contributed by atoms with E-state index in [1.807, 2.05) is 0 Å². The van der Waals surface area contributed by atoms with Crippen molar-refractivity contribution in [3.63, 3.8) is 0 Å². The second-order valence-electron chi connectivity index (χ2n) is 2.71. The van der Waals surface area contributed by atoms with Gasteiger partial charge in [-0.05, 0) is 5.56 Å². The van der Waals surface area contributed by atoms with E-state index in [1.54, 1.807) is 19.2 Å². The molecule has 70 valence electrons. The SMILES string of the molecule is C[OH+]CCc1ccc([N+](=O)[O-])cc1. The number of nitro groups is 1. The quantitative estimate of drug-likeness (QED) is 0.400. The van der Waals surface area contributed by atoms with E-state index < -0.39 is 4.92 Å². The zero-order chi connectivity index (χ0) is 9.68. The Bertz CT molecular complexity index is 281. The lowest BCUT2D eigenvalue weighted by atomic mass is 10.1. The fourth-order valence-corrected chi connectivity index (χ4v) is 1.03. The molecule has 0 aromatic heterocycles. The second-order valence-corrected chi connectivity index (χ2v) is 2.71. The predicted octanol–water partition coefficient (Wildman–Crippen LogP) is 1.30. The van der Waals surface area contributed by atoms with E-state index in [9.17, 15) is 10.1 Å². The summed E-state index contributed by atoms with van der Waals surface area (Å²) in [6.45, 7) is 0.762. The average molecular weight is 182 g/mol. The summed E-state index contributed by atoms with van der Waals surface area (Å²) in [5, 5.41) is 10.3. The first-order valence-corrected chi connectivity index (χ1v) is 4.03. The van der Waals surface area contributed by atoms with Gasteiger partial charge in [-0.2, -0.15) is 0 Å². The first kappa shape index (κ1) is 9.67. The van der Waals surface area contributed by atoms with Crippen molar-refractivity contribution in [2.75, 3.05) is 13.7 Å². The third-order valence-corrected chi connectivity index (χ3v) is 1.77. The van der Waals surface area contributed by atoms with Crippen LogP contribution in [0.2, 0.25) is 0 Å². The number of benzene rings is 1. The van der Waals surface area contributed by atoms with Crippen LogP contribution in [0.1, 0.15) is 5.56 Å². The Morgan fingerprint density at radius 1 is 1.38 bits per heavy atom. The molecule has 0 spiro atoms. The number of rotatable bonds is 4. The molecule has 0 saturated heterocycles. The van der Waals surface area contributed by atoms with Gasteiger partial charge in [-0.1, -0.05) is 12.1 Å². The van der Waals surface area contributed by atoms with Crippen molar-refractivity contribution in [2.45, 2.75) is 6.42 Å². The van der Waals surface area contributed by atoms with Gasteiger partial charge in [0.25, 0.3) is 5.69 Å². The van der Waals surface area contributed by atoms with E-state index in [1.165, 1.54) is 12.1 Å². The Kier molecular flexibility index (Phi) is 3.40. The average Bonchev–Trinajstić information content (AvgIpc) is 2.15. The molecule has 0 aliphatic rings. The molecule has 13 heavy (non-hydrogen) atoms. The minimum absolute atomic E-state index is 0.136. The normalized spacial score (nSPS) is 9.92. The van der Waals surface area contributed by atoms with E-state index in [0.717, 1.165) is 18.6 Å². The lowest BCUT2D eigenvalue weighted by Crippen LogP contribution is -1.98. The molecular weight excluding hydrogens is 170 g/mol. The number of nitrogens with zero attached hydrogens (tertiary/aromatic N) is 1. The van der Waals surface area contributed by atoms with Gasteiger partial charge in [0.2, 0.25) is 0 Å². The van der Waals surface area contributed by atoms with Gasteiger partial charge in [-0.15, -0.1) is 0 Å². The van der Waals surface area contributed by atoms with Gasteiger partial charge in [0, 0.05) is 18.6 Å². The van der Waals surface area contributed by atoms with E-state index >= 15 is 0 Å². The fraction of sp³-hybridized carbons (Fsp3) is 0.333. The molecule has 0 saturated carbocycles. The van der Waals surface area contributed by atoms with Gasteiger partial charge in [0.05, 0.1) is 4.92 Å². The molecule has 0 fully saturated rings. The number of hydrogen-bond donors (Lipinski definition) is 0. The summed E-state index contributed by atoms with van der Waals surface area (Å²) in [5.74, 6) is 0. The maximum atomic E-state index is 10.3. The van der Waals surface area contributed by atoms with Crippen LogP contribution in [0.3, 0.4) is 0 Å².